The highest BCUT2D eigenvalue weighted by atomic mass is 19.1. The number of rotatable bonds is 5. The summed E-state index contributed by atoms with van der Waals surface area (Å²) in [6.45, 7) is 4.06. The summed E-state index contributed by atoms with van der Waals surface area (Å²) in [5.74, 6) is 0.548. The molecule has 35 heavy (non-hydrogen) atoms. The summed E-state index contributed by atoms with van der Waals surface area (Å²) in [5, 5.41) is 6.30. The van der Waals surface area contributed by atoms with Crippen LogP contribution in [0.5, 0.6) is 0 Å². The van der Waals surface area contributed by atoms with E-state index in [0.717, 1.165) is 33.9 Å². The van der Waals surface area contributed by atoms with Gasteiger partial charge in [-0.2, -0.15) is 5.10 Å². The van der Waals surface area contributed by atoms with Crippen LogP contribution in [-0.2, 0) is 13.5 Å². The molecule has 0 fully saturated rings. The number of nitrogen functional groups attached to an aromatic ring is 2. The molecule has 0 bridgehead atoms. The second-order valence-electron chi connectivity index (χ2n) is 8.84. The van der Waals surface area contributed by atoms with Crippen LogP contribution in [0.4, 0.5) is 15.9 Å². The summed E-state index contributed by atoms with van der Waals surface area (Å²) in [7, 11) is 1.82. The van der Waals surface area contributed by atoms with Crippen molar-refractivity contribution >= 4 is 22.3 Å². The Hall–Kier alpha value is -4.26. The van der Waals surface area contributed by atoms with Gasteiger partial charge in [-0.25, -0.2) is 14.4 Å². The molecular weight excluding hydrogens is 439 g/mol. The zero-order valence-corrected chi connectivity index (χ0v) is 20.0. The highest BCUT2D eigenvalue weighted by Gasteiger charge is 2.28. The van der Waals surface area contributed by atoms with Crippen molar-refractivity contribution in [1.29, 1.82) is 0 Å². The molecule has 0 radical (unpaired) electrons. The fourth-order valence-electron chi connectivity index (χ4n) is 4.49. The minimum atomic E-state index is -0.620. The first kappa shape index (κ1) is 22.5. The topological polar surface area (TPSA) is 95.6 Å². The van der Waals surface area contributed by atoms with Crippen LogP contribution in [0.1, 0.15) is 41.1 Å². The molecule has 0 aliphatic carbocycles. The molecule has 0 aliphatic rings. The number of anilines is 2. The minimum Gasteiger partial charge on any atom is -0.399 e. The lowest BCUT2D eigenvalue weighted by Gasteiger charge is -2.19. The van der Waals surface area contributed by atoms with Gasteiger partial charge in [0, 0.05) is 29.2 Å². The number of nitrogens with two attached hydrogens (primary N) is 2. The molecule has 3 aromatic carbocycles. The van der Waals surface area contributed by atoms with Gasteiger partial charge in [0.2, 0.25) is 0 Å². The third-order valence-corrected chi connectivity index (χ3v) is 6.31. The van der Waals surface area contributed by atoms with Crippen molar-refractivity contribution in [1.82, 2.24) is 19.7 Å². The van der Waals surface area contributed by atoms with Crippen LogP contribution in [0.3, 0.4) is 0 Å². The average molecular weight is 467 g/mol. The van der Waals surface area contributed by atoms with Crippen molar-refractivity contribution in [3.05, 3.63) is 101 Å². The van der Waals surface area contributed by atoms with Gasteiger partial charge in [-0.1, -0.05) is 42.8 Å². The van der Waals surface area contributed by atoms with Crippen LogP contribution in [-0.4, -0.2) is 19.7 Å². The Morgan fingerprint density at radius 2 is 1.80 bits per heavy atom. The van der Waals surface area contributed by atoms with E-state index in [1.807, 2.05) is 69.4 Å². The molecule has 1 unspecified atom stereocenters. The van der Waals surface area contributed by atoms with Crippen molar-refractivity contribution in [2.24, 2.45) is 7.05 Å². The van der Waals surface area contributed by atoms with Crippen LogP contribution >= 0.6 is 0 Å². The highest BCUT2D eigenvalue weighted by molar-refractivity contribution is 5.93. The molecule has 5 aromatic rings. The molecule has 0 saturated carbocycles. The Morgan fingerprint density at radius 1 is 0.971 bits per heavy atom. The predicted octanol–water partition coefficient (Wildman–Crippen LogP) is 5.38. The van der Waals surface area contributed by atoms with E-state index < -0.39 is 5.92 Å². The van der Waals surface area contributed by atoms with Crippen molar-refractivity contribution < 1.29 is 4.39 Å². The molecule has 4 N–H and O–H groups in total. The fraction of sp³-hybridized carbons (Fsp3) is 0.179. The van der Waals surface area contributed by atoms with Gasteiger partial charge < -0.3 is 11.5 Å². The molecule has 1 atom stereocenters. The summed E-state index contributed by atoms with van der Waals surface area (Å²) in [6.07, 6.45) is 0.775. The van der Waals surface area contributed by atoms with E-state index in [1.165, 1.54) is 6.07 Å². The van der Waals surface area contributed by atoms with E-state index >= 15 is 4.39 Å². The van der Waals surface area contributed by atoms with Gasteiger partial charge >= 0.3 is 0 Å². The van der Waals surface area contributed by atoms with Gasteiger partial charge in [0.15, 0.2) is 5.82 Å². The number of pyridine rings is 1. The van der Waals surface area contributed by atoms with Crippen LogP contribution in [0, 0.1) is 12.7 Å². The number of benzene rings is 3. The summed E-state index contributed by atoms with van der Waals surface area (Å²) >= 11 is 0. The molecule has 176 valence electrons. The van der Waals surface area contributed by atoms with Crippen molar-refractivity contribution in [3.63, 3.8) is 0 Å². The van der Waals surface area contributed by atoms with E-state index in [2.05, 4.69) is 5.10 Å². The van der Waals surface area contributed by atoms with E-state index in [0.29, 0.717) is 34.4 Å². The molecule has 2 aromatic heterocycles. The van der Waals surface area contributed by atoms with Crippen molar-refractivity contribution in [2.75, 3.05) is 11.5 Å². The van der Waals surface area contributed by atoms with E-state index in [4.69, 9.17) is 21.4 Å². The minimum absolute atomic E-state index is 0.333. The standard InChI is InChI=1S/C28H27FN6/c1-4-17-8-11-23(29)22(13-17)25(24-15-19-14-20(30)9-10-21(19)26(31)32-24)28-33-27(34-35(28)3)18-7-5-6-16(2)12-18/h5-15,25H,4,30H2,1-3H3,(H2,31,32). The number of aromatic nitrogens is 4. The lowest BCUT2D eigenvalue weighted by atomic mass is 9.91. The lowest BCUT2D eigenvalue weighted by Crippen LogP contribution is -2.14. The van der Waals surface area contributed by atoms with Gasteiger partial charge in [-0.15, -0.1) is 0 Å². The number of hydrogen-bond acceptors (Lipinski definition) is 5. The second kappa shape index (κ2) is 8.83. The summed E-state index contributed by atoms with van der Waals surface area (Å²) in [6, 6.07) is 20.6. The van der Waals surface area contributed by atoms with Crippen LogP contribution in [0.25, 0.3) is 22.2 Å². The third kappa shape index (κ3) is 4.21. The molecule has 0 amide bonds. The Kier molecular flexibility index (Phi) is 5.68. The predicted molar refractivity (Wildman–Crippen MR) is 138 cm³/mol. The van der Waals surface area contributed by atoms with Gasteiger partial charge in [-0.05, 0) is 60.7 Å². The summed E-state index contributed by atoms with van der Waals surface area (Å²) in [4.78, 5) is 9.58. The van der Waals surface area contributed by atoms with E-state index in [1.54, 1.807) is 16.8 Å². The Labute approximate surface area is 203 Å². The number of hydrogen-bond donors (Lipinski definition) is 2. The molecule has 0 spiro atoms. The second-order valence-corrected chi connectivity index (χ2v) is 8.84. The molecular formula is C28H27FN6. The van der Waals surface area contributed by atoms with Crippen LogP contribution in [0.2, 0.25) is 0 Å². The fourth-order valence-corrected chi connectivity index (χ4v) is 4.49. The lowest BCUT2D eigenvalue weighted by molar-refractivity contribution is 0.591. The molecule has 5 rings (SSSR count). The van der Waals surface area contributed by atoms with Crippen molar-refractivity contribution in [2.45, 2.75) is 26.2 Å². The normalized spacial score (nSPS) is 12.2. The van der Waals surface area contributed by atoms with Crippen molar-refractivity contribution in [3.8, 4) is 11.4 Å². The molecule has 6 nitrogen and oxygen atoms in total. The quantitative estimate of drug-likeness (QED) is 0.339. The average Bonchev–Trinajstić information content (AvgIpc) is 3.21. The zero-order chi connectivity index (χ0) is 24.7. The number of nitrogens with zero attached hydrogens (tertiary/aromatic N) is 4. The number of fused-ring (bicyclic) bond motifs is 1. The van der Waals surface area contributed by atoms with E-state index in [9.17, 15) is 0 Å². The summed E-state index contributed by atoms with van der Waals surface area (Å²) in [5.41, 5.74) is 17.1. The first-order chi connectivity index (χ1) is 16.8. The summed E-state index contributed by atoms with van der Waals surface area (Å²) < 4.78 is 17.1. The number of aryl methyl sites for hydroxylation is 3. The van der Waals surface area contributed by atoms with Crippen LogP contribution in [0.15, 0.2) is 66.7 Å². The van der Waals surface area contributed by atoms with Gasteiger partial charge in [0.05, 0.1) is 11.6 Å². The third-order valence-electron chi connectivity index (χ3n) is 6.31. The van der Waals surface area contributed by atoms with Gasteiger partial charge in [0.1, 0.15) is 17.5 Å². The molecule has 0 saturated heterocycles. The van der Waals surface area contributed by atoms with E-state index in [-0.39, 0.29) is 5.82 Å². The SMILES string of the molecule is CCc1ccc(F)c(C(c2cc3cc(N)ccc3c(N)n2)c2nc(-c3cccc(C)c3)nn2C)c1. The largest absolute Gasteiger partial charge is 0.399 e. The maximum Gasteiger partial charge on any atom is 0.181 e. The highest BCUT2D eigenvalue weighted by Crippen LogP contribution is 2.36. The Bertz CT molecular complexity index is 1560. The molecule has 7 heteroatoms. The maximum atomic E-state index is 15.4. The maximum absolute atomic E-state index is 15.4. The monoisotopic (exact) mass is 466 g/mol. The first-order valence-corrected chi connectivity index (χ1v) is 11.6. The van der Waals surface area contributed by atoms with Gasteiger partial charge in [0.25, 0.3) is 0 Å². The molecule has 0 aliphatic heterocycles. The first-order valence-electron chi connectivity index (χ1n) is 11.6. The Morgan fingerprint density at radius 3 is 2.57 bits per heavy atom. The molecule has 2 heterocycles. The smallest absolute Gasteiger partial charge is 0.181 e. The van der Waals surface area contributed by atoms with Gasteiger partial charge in [-0.3, -0.25) is 4.68 Å². The number of halogens is 1. The van der Waals surface area contributed by atoms with Crippen LogP contribution < -0.4 is 11.5 Å². The Balaban J connectivity index is 1.76. The zero-order valence-electron chi connectivity index (χ0n) is 20.0.